The van der Waals surface area contributed by atoms with Crippen molar-refractivity contribution in [2.45, 2.75) is 32.9 Å². The largest absolute Gasteiger partial charge is 0.426 e. The third-order valence-corrected chi connectivity index (χ3v) is 1.33. The van der Waals surface area contributed by atoms with E-state index in [0.717, 1.165) is 0 Å². The van der Waals surface area contributed by atoms with Crippen LogP contribution in [0.15, 0.2) is 10.8 Å². The highest BCUT2D eigenvalue weighted by Gasteiger charge is 2.10. The van der Waals surface area contributed by atoms with Crippen molar-refractivity contribution in [3.05, 3.63) is 12.3 Å². The van der Waals surface area contributed by atoms with E-state index in [1.807, 2.05) is 6.92 Å². The maximum absolute atomic E-state index is 5.01. The van der Waals surface area contributed by atoms with Gasteiger partial charge in [0.2, 0.25) is 12.3 Å². The molecule has 0 aliphatic carbocycles. The summed E-state index contributed by atoms with van der Waals surface area (Å²) in [6.07, 6.45) is 1.34. The van der Waals surface area contributed by atoms with Crippen LogP contribution in [0.4, 0.5) is 0 Å². The lowest BCUT2D eigenvalue weighted by molar-refractivity contribution is 0.395. The van der Waals surface area contributed by atoms with Gasteiger partial charge in [-0.1, -0.05) is 13.8 Å². The van der Waals surface area contributed by atoms with Gasteiger partial charge in [0.15, 0.2) is 0 Å². The molecule has 1 heterocycles. The van der Waals surface area contributed by atoms with Crippen LogP contribution in [0.25, 0.3) is 0 Å². The lowest BCUT2D eigenvalue weighted by Gasteiger charge is -2.12. The highest BCUT2D eigenvalue weighted by Crippen LogP contribution is 2.07. The molecule has 4 heteroatoms. The Morgan fingerprint density at radius 2 is 2.18 bits per heavy atom. The van der Waals surface area contributed by atoms with Gasteiger partial charge in [0.25, 0.3) is 0 Å². The molecule has 1 rings (SSSR count). The van der Waals surface area contributed by atoms with Crippen molar-refractivity contribution in [2.75, 3.05) is 0 Å². The molecule has 0 unspecified atom stereocenters. The Labute approximate surface area is 66.0 Å². The third kappa shape index (κ3) is 2.31. The van der Waals surface area contributed by atoms with E-state index in [-0.39, 0.29) is 6.04 Å². The molecule has 0 amide bonds. The van der Waals surface area contributed by atoms with E-state index in [1.54, 1.807) is 0 Å². The summed E-state index contributed by atoms with van der Waals surface area (Å²) < 4.78 is 5.01. The first-order chi connectivity index (χ1) is 5.20. The van der Waals surface area contributed by atoms with Crippen LogP contribution in [0.3, 0.4) is 0 Å². The number of aromatic nitrogens is 2. The highest BCUT2D eigenvalue weighted by atomic mass is 16.4. The molecule has 62 valence electrons. The van der Waals surface area contributed by atoms with Crippen LogP contribution in [-0.4, -0.2) is 16.2 Å². The van der Waals surface area contributed by atoms with Crippen molar-refractivity contribution in [1.82, 2.24) is 15.5 Å². The molecule has 0 aliphatic heterocycles. The molecule has 0 bridgehead atoms. The first kappa shape index (κ1) is 8.20. The van der Waals surface area contributed by atoms with Crippen LogP contribution < -0.4 is 5.32 Å². The fraction of sp³-hybridized carbons (Fsp3) is 0.714. The van der Waals surface area contributed by atoms with Gasteiger partial charge in [0, 0.05) is 6.04 Å². The van der Waals surface area contributed by atoms with E-state index in [1.165, 1.54) is 6.39 Å². The van der Waals surface area contributed by atoms with Gasteiger partial charge in [-0.15, -0.1) is 10.2 Å². The zero-order valence-corrected chi connectivity index (χ0v) is 7.03. The molecule has 0 spiro atoms. The molecule has 1 aromatic heterocycles. The van der Waals surface area contributed by atoms with Crippen LogP contribution in [-0.2, 0) is 0 Å². The second-order valence-electron chi connectivity index (χ2n) is 2.82. The summed E-state index contributed by atoms with van der Waals surface area (Å²) in [7, 11) is 0. The lowest BCUT2D eigenvalue weighted by atomic mass is 10.3. The van der Waals surface area contributed by atoms with Crippen LogP contribution in [0, 0.1) is 0 Å². The average Bonchev–Trinajstić information content (AvgIpc) is 2.35. The van der Waals surface area contributed by atoms with Gasteiger partial charge in [0.05, 0.1) is 6.04 Å². The lowest BCUT2D eigenvalue weighted by Crippen LogP contribution is -2.26. The van der Waals surface area contributed by atoms with Gasteiger partial charge in [0.1, 0.15) is 0 Å². The van der Waals surface area contributed by atoms with E-state index < -0.39 is 0 Å². The molecule has 4 nitrogen and oxygen atoms in total. The van der Waals surface area contributed by atoms with Crippen molar-refractivity contribution >= 4 is 0 Å². The Balaban J connectivity index is 2.49. The molecular formula is C7H13N3O. The van der Waals surface area contributed by atoms with Crippen LogP contribution in [0.2, 0.25) is 0 Å². The number of hydrogen-bond donors (Lipinski definition) is 1. The Bertz CT molecular complexity index is 195. The van der Waals surface area contributed by atoms with Gasteiger partial charge in [-0.25, -0.2) is 0 Å². The SMILES string of the molecule is CC(C)N[C@H](C)c1nnco1. The molecule has 0 saturated heterocycles. The highest BCUT2D eigenvalue weighted by molar-refractivity contribution is 4.83. The zero-order chi connectivity index (χ0) is 8.27. The summed E-state index contributed by atoms with van der Waals surface area (Å²) in [5.41, 5.74) is 0. The van der Waals surface area contributed by atoms with Crippen molar-refractivity contribution in [3.63, 3.8) is 0 Å². The standard InChI is InChI=1S/C7H13N3O/c1-5(2)9-6(3)7-10-8-4-11-7/h4-6,9H,1-3H3/t6-/m1/s1. The van der Waals surface area contributed by atoms with E-state index in [9.17, 15) is 0 Å². The minimum Gasteiger partial charge on any atom is -0.426 e. The van der Waals surface area contributed by atoms with E-state index >= 15 is 0 Å². The number of rotatable bonds is 3. The first-order valence-corrected chi connectivity index (χ1v) is 3.72. The Hall–Kier alpha value is -0.900. The predicted octanol–water partition coefficient (Wildman–Crippen LogP) is 1.13. The molecule has 0 saturated carbocycles. The monoisotopic (exact) mass is 155 g/mol. The minimum absolute atomic E-state index is 0.137. The van der Waals surface area contributed by atoms with Crippen molar-refractivity contribution in [1.29, 1.82) is 0 Å². The minimum atomic E-state index is 0.137. The maximum Gasteiger partial charge on any atom is 0.232 e. The molecule has 0 radical (unpaired) electrons. The number of nitrogens with one attached hydrogen (secondary N) is 1. The summed E-state index contributed by atoms with van der Waals surface area (Å²) in [6.45, 7) is 6.15. The second kappa shape index (κ2) is 3.48. The van der Waals surface area contributed by atoms with E-state index in [0.29, 0.717) is 11.9 Å². The maximum atomic E-state index is 5.01. The second-order valence-corrected chi connectivity index (χ2v) is 2.82. The summed E-state index contributed by atoms with van der Waals surface area (Å²) >= 11 is 0. The normalized spacial score (nSPS) is 13.8. The predicted molar refractivity (Wildman–Crippen MR) is 41.0 cm³/mol. The van der Waals surface area contributed by atoms with Crippen LogP contribution in [0.5, 0.6) is 0 Å². The summed E-state index contributed by atoms with van der Waals surface area (Å²) in [4.78, 5) is 0. The molecule has 1 atom stereocenters. The summed E-state index contributed by atoms with van der Waals surface area (Å²) in [6, 6.07) is 0.564. The molecule has 0 aliphatic rings. The molecule has 1 aromatic rings. The summed E-state index contributed by atoms with van der Waals surface area (Å²) in [5.74, 6) is 0.638. The summed E-state index contributed by atoms with van der Waals surface area (Å²) in [5, 5.41) is 10.6. The topological polar surface area (TPSA) is 51.0 Å². The van der Waals surface area contributed by atoms with Gasteiger partial charge in [-0.05, 0) is 6.92 Å². The third-order valence-electron chi connectivity index (χ3n) is 1.33. The van der Waals surface area contributed by atoms with Crippen molar-refractivity contribution < 1.29 is 4.42 Å². The van der Waals surface area contributed by atoms with Gasteiger partial charge in [-0.2, -0.15) is 0 Å². The number of nitrogens with zero attached hydrogens (tertiary/aromatic N) is 2. The van der Waals surface area contributed by atoms with Crippen molar-refractivity contribution in [3.8, 4) is 0 Å². The van der Waals surface area contributed by atoms with Gasteiger partial charge < -0.3 is 9.73 Å². The van der Waals surface area contributed by atoms with Gasteiger partial charge >= 0.3 is 0 Å². The van der Waals surface area contributed by atoms with Crippen LogP contribution in [0.1, 0.15) is 32.7 Å². The Kier molecular flexibility index (Phi) is 2.59. The average molecular weight is 155 g/mol. The van der Waals surface area contributed by atoms with E-state index in [4.69, 9.17) is 4.42 Å². The first-order valence-electron chi connectivity index (χ1n) is 3.72. The molecule has 1 N–H and O–H groups in total. The zero-order valence-electron chi connectivity index (χ0n) is 7.03. The Morgan fingerprint density at radius 3 is 2.64 bits per heavy atom. The fourth-order valence-electron chi connectivity index (χ4n) is 0.942. The van der Waals surface area contributed by atoms with E-state index in [2.05, 4.69) is 29.4 Å². The molecule has 0 aromatic carbocycles. The quantitative estimate of drug-likeness (QED) is 0.710. The number of hydrogen-bond acceptors (Lipinski definition) is 4. The molecular weight excluding hydrogens is 142 g/mol. The van der Waals surface area contributed by atoms with Gasteiger partial charge in [-0.3, -0.25) is 0 Å². The molecule has 0 fully saturated rings. The Morgan fingerprint density at radius 1 is 1.45 bits per heavy atom. The fourth-order valence-corrected chi connectivity index (χ4v) is 0.942. The van der Waals surface area contributed by atoms with Crippen LogP contribution >= 0.6 is 0 Å². The molecule has 11 heavy (non-hydrogen) atoms. The van der Waals surface area contributed by atoms with Crippen molar-refractivity contribution in [2.24, 2.45) is 0 Å². The smallest absolute Gasteiger partial charge is 0.232 e.